The van der Waals surface area contributed by atoms with Crippen molar-refractivity contribution in [2.45, 2.75) is 63.6 Å². The van der Waals surface area contributed by atoms with Gasteiger partial charge in [0.1, 0.15) is 0 Å². The molecular weight excluding hydrogens is 322 g/mol. The van der Waals surface area contributed by atoms with E-state index >= 15 is 0 Å². The molecule has 1 saturated heterocycles. The van der Waals surface area contributed by atoms with Crippen LogP contribution in [0.2, 0.25) is 0 Å². The molecule has 1 aromatic carbocycles. The van der Waals surface area contributed by atoms with Gasteiger partial charge in [-0.2, -0.15) is 0 Å². The van der Waals surface area contributed by atoms with Crippen molar-refractivity contribution >= 4 is 5.91 Å². The number of piperidine rings is 1. The van der Waals surface area contributed by atoms with Gasteiger partial charge in [0.25, 0.3) is 0 Å². The predicted octanol–water partition coefficient (Wildman–Crippen LogP) is 2.92. The first-order chi connectivity index (χ1) is 12.7. The minimum atomic E-state index is 0.142. The largest absolute Gasteiger partial charge is 0.353 e. The number of nitrogens with zero attached hydrogens (tertiary/aromatic N) is 1. The molecule has 3 fully saturated rings. The molecule has 0 radical (unpaired) electrons. The lowest BCUT2D eigenvalue weighted by atomic mass is 9.67. The second-order valence-corrected chi connectivity index (χ2v) is 8.78. The number of likely N-dealkylation sites (tertiary alicyclic amines) is 1. The molecule has 1 aliphatic heterocycles. The zero-order valence-corrected chi connectivity index (χ0v) is 15.8. The monoisotopic (exact) mass is 355 g/mol. The molecule has 4 rings (SSSR count). The van der Waals surface area contributed by atoms with Crippen LogP contribution in [0.1, 0.15) is 50.5 Å². The van der Waals surface area contributed by atoms with Crippen molar-refractivity contribution in [3.8, 4) is 0 Å². The number of carbonyl (C=O) groups is 1. The van der Waals surface area contributed by atoms with Gasteiger partial charge in [0.15, 0.2) is 0 Å². The number of fused-ring (bicyclic) bond motifs is 2. The van der Waals surface area contributed by atoms with E-state index in [2.05, 4.69) is 40.5 Å². The first-order valence-corrected chi connectivity index (χ1v) is 10.5. The minimum Gasteiger partial charge on any atom is -0.353 e. The van der Waals surface area contributed by atoms with Crippen molar-refractivity contribution in [2.75, 3.05) is 13.1 Å². The Labute approximate surface area is 157 Å². The summed E-state index contributed by atoms with van der Waals surface area (Å²) in [6.45, 7) is 2.94. The van der Waals surface area contributed by atoms with E-state index < -0.39 is 0 Å². The molecule has 4 nitrogen and oxygen atoms in total. The van der Waals surface area contributed by atoms with Crippen LogP contribution >= 0.6 is 0 Å². The SMILES string of the molecule is NC1CC2CCCC(C1)C2NC(=O)C1CCCN(Cc2ccccc2)C1. The second kappa shape index (κ2) is 8.10. The Morgan fingerprint density at radius 1 is 1.08 bits per heavy atom. The molecule has 3 unspecified atom stereocenters. The molecule has 142 valence electrons. The molecule has 3 atom stereocenters. The van der Waals surface area contributed by atoms with Gasteiger partial charge in [0, 0.05) is 25.2 Å². The maximum absolute atomic E-state index is 13.0. The minimum absolute atomic E-state index is 0.142. The number of hydrogen-bond acceptors (Lipinski definition) is 3. The highest BCUT2D eigenvalue weighted by molar-refractivity contribution is 5.79. The molecule has 1 aromatic rings. The molecule has 1 heterocycles. The summed E-state index contributed by atoms with van der Waals surface area (Å²) in [5.41, 5.74) is 7.57. The van der Waals surface area contributed by atoms with Gasteiger partial charge in [0.05, 0.1) is 5.92 Å². The summed E-state index contributed by atoms with van der Waals surface area (Å²) in [5, 5.41) is 3.47. The Bertz CT molecular complexity index is 591. The summed E-state index contributed by atoms with van der Waals surface area (Å²) in [7, 11) is 0. The Hall–Kier alpha value is -1.39. The van der Waals surface area contributed by atoms with Crippen molar-refractivity contribution in [1.29, 1.82) is 0 Å². The van der Waals surface area contributed by atoms with E-state index in [0.29, 0.717) is 29.8 Å². The van der Waals surface area contributed by atoms with Gasteiger partial charge >= 0.3 is 0 Å². The van der Waals surface area contributed by atoms with Crippen LogP contribution in [0.5, 0.6) is 0 Å². The molecule has 2 aliphatic carbocycles. The van der Waals surface area contributed by atoms with Gasteiger partial charge in [-0.1, -0.05) is 36.8 Å². The van der Waals surface area contributed by atoms with Crippen LogP contribution in [0.4, 0.5) is 0 Å². The van der Waals surface area contributed by atoms with Gasteiger partial charge in [-0.3, -0.25) is 9.69 Å². The maximum Gasteiger partial charge on any atom is 0.224 e. The first-order valence-electron chi connectivity index (χ1n) is 10.5. The van der Waals surface area contributed by atoms with E-state index in [9.17, 15) is 4.79 Å². The summed E-state index contributed by atoms with van der Waals surface area (Å²) in [4.78, 5) is 15.5. The van der Waals surface area contributed by atoms with Crippen LogP contribution in [-0.2, 0) is 11.3 Å². The zero-order valence-electron chi connectivity index (χ0n) is 15.8. The van der Waals surface area contributed by atoms with Crippen LogP contribution in [0.25, 0.3) is 0 Å². The molecule has 2 saturated carbocycles. The van der Waals surface area contributed by atoms with E-state index in [4.69, 9.17) is 5.73 Å². The number of carbonyl (C=O) groups excluding carboxylic acids is 1. The second-order valence-electron chi connectivity index (χ2n) is 8.78. The Morgan fingerprint density at radius 3 is 2.54 bits per heavy atom. The van der Waals surface area contributed by atoms with Gasteiger partial charge in [-0.15, -0.1) is 0 Å². The fourth-order valence-electron chi connectivity index (χ4n) is 5.56. The van der Waals surface area contributed by atoms with Crippen LogP contribution in [0.3, 0.4) is 0 Å². The smallest absolute Gasteiger partial charge is 0.224 e. The van der Waals surface area contributed by atoms with E-state index in [1.165, 1.54) is 24.8 Å². The van der Waals surface area contributed by atoms with E-state index in [-0.39, 0.29) is 5.92 Å². The maximum atomic E-state index is 13.0. The zero-order chi connectivity index (χ0) is 17.9. The molecule has 26 heavy (non-hydrogen) atoms. The lowest BCUT2D eigenvalue weighted by molar-refractivity contribution is -0.129. The highest BCUT2D eigenvalue weighted by Gasteiger charge is 2.40. The topological polar surface area (TPSA) is 58.4 Å². The Kier molecular flexibility index (Phi) is 5.60. The molecule has 1 amide bonds. The summed E-state index contributed by atoms with van der Waals surface area (Å²) in [6.07, 6.45) is 8.10. The normalized spacial score (nSPS) is 35.0. The van der Waals surface area contributed by atoms with Crippen LogP contribution in [0.15, 0.2) is 30.3 Å². The summed E-state index contributed by atoms with van der Waals surface area (Å²) in [6, 6.07) is 11.3. The quantitative estimate of drug-likeness (QED) is 0.873. The van der Waals surface area contributed by atoms with Crippen molar-refractivity contribution in [3.63, 3.8) is 0 Å². The molecule has 0 aromatic heterocycles. The summed E-state index contributed by atoms with van der Waals surface area (Å²) in [5.74, 6) is 1.64. The molecule has 4 heteroatoms. The van der Waals surface area contributed by atoms with Crippen LogP contribution < -0.4 is 11.1 Å². The van der Waals surface area contributed by atoms with Gasteiger partial charge < -0.3 is 11.1 Å². The molecule has 2 bridgehead atoms. The number of amides is 1. The predicted molar refractivity (Wildman–Crippen MR) is 104 cm³/mol. The lowest BCUT2D eigenvalue weighted by Gasteiger charge is -2.46. The third-order valence-corrected chi connectivity index (χ3v) is 6.81. The van der Waals surface area contributed by atoms with E-state index in [1.54, 1.807) is 0 Å². The number of hydrogen-bond donors (Lipinski definition) is 2. The van der Waals surface area contributed by atoms with Crippen molar-refractivity contribution < 1.29 is 4.79 Å². The van der Waals surface area contributed by atoms with Crippen LogP contribution in [0, 0.1) is 17.8 Å². The highest BCUT2D eigenvalue weighted by atomic mass is 16.2. The highest BCUT2D eigenvalue weighted by Crippen LogP contribution is 2.39. The van der Waals surface area contributed by atoms with Gasteiger partial charge in [0.2, 0.25) is 5.91 Å². The first kappa shape index (κ1) is 18.0. The number of nitrogens with one attached hydrogen (secondary N) is 1. The van der Waals surface area contributed by atoms with Crippen LogP contribution in [-0.4, -0.2) is 36.0 Å². The van der Waals surface area contributed by atoms with Crippen molar-refractivity contribution in [1.82, 2.24) is 10.2 Å². The summed E-state index contributed by atoms with van der Waals surface area (Å²) < 4.78 is 0. The van der Waals surface area contributed by atoms with Crippen molar-refractivity contribution in [2.24, 2.45) is 23.5 Å². The molecule has 0 spiro atoms. The molecule has 3 N–H and O–H groups in total. The van der Waals surface area contributed by atoms with Gasteiger partial charge in [-0.25, -0.2) is 0 Å². The van der Waals surface area contributed by atoms with E-state index in [0.717, 1.165) is 45.3 Å². The van der Waals surface area contributed by atoms with E-state index in [1.807, 2.05) is 0 Å². The number of nitrogens with two attached hydrogens (primary N) is 1. The Balaban J connectivity index is 1.34. The molecular formula is C22H33N3O. The Morgan fingerprint density at radius 2 is 1.81 bits per heavy atom. The van der Waals surface area contributed by atoms with Crippen molar-refractivity contribution in [3.05, 3.63) is 35.9 Å². The number of benzene rings is 1. The average molecular weight is 356 g/mol. The molecule has 3 aliphatic rings. The average Bonchev–Trinajstić information content (AvgIpc) is 2.63. The fourth-order valence-corrected chi connectivity index (χ4v) is 5.56. The standard InChI is InChI=1S/C22H33N3O/c23-20-12-17-8-4-9-18(13-20)21(17)24-22(26)19-10-5-11-25(15-19)14-16-6-2-1-3-7-16/h1-3,6-7,17-21H,4-5,8-15,23H2,(H,24,26). The fraction of sp³-hybridized carbons (Fsp3) is 0.682. The number of rotatable bonds is 4. The summed E-state index contributed by atoms with van der Waals surface area (Å²) >= 11 is 0. The third-order valence-electron chi connectivity index (χ3n) is 6.81. The van der Waals surface area contributed by atoms with Gasteiger partial charge in [-0.05, 0) is 62.5 Å². The lowest BCUT2D eigenvalue weighted by Crippen LogP contribution is -2.55. The third kappa shape index (κ3) is 4.12.